The summed E-state index contributed by atoms with van der Waals surface area (Å²) in [6.07, 6.45) is 3.37. The highest BCUT2D eigenvalue weighted by Gasteiger charge is 2.20. The largest absolute Gasteiger partial charge is 0.497 e. The van der Waals surface area contributed by atoms with Gasteiger partial charge in [-0.1, -0.05) is 35.9 Å². The van der Waals surface area contributed by atoms with E-state index in [9.17, 15) is 4.79 Å². The first kappa shape index (κ1) is 21.4. The molecule has 154 valence electrons. The lowest BCUT2D eigenvalue weighted by molar-refractivity contribution is -0.117. The lowest BCUT2D eigenvalue weighted by Crippen LogP contribution is -2.47. The fourth-order valence-corrected chi connectivity index (χ4v) is 3.45. The van der Waals surface area contributed by atoms with Crippen molar-refractivity contribution in [3.8, 4) is 5.75 Å². The lowest BCUT2D eigenvalue weighted by atomic mass is 10.1. The Balaban J connectivity index is 1.69. The van der Waals surface area contributed by atoms with E-state index in [0.717, 1.165) is 49.6 Å². The van der Waals surface area contributed by atoms with Crippen LogP contribution < -0.4 is 10.1 Å². The molecule has 1 N–H and O–H groups in total. The molecule has 0 aromatic heterocycles. The van der Waals surface area contributed by atoms with E-state index in [1.54, 1.807) is 19.3 Å². The normalized spacial score (nSPS) is 16.7. The van der Waals surface area contributed by atoms with Gasteiger partial charge in [0.15, 0.2) is 0 Å². The summed E-state index contributed by atoms with van der Waals surface area (Å²) < 4.78 is 5.26. The van der Waals surface area contributed by atoms with Gasteiger partial charge < -0.3 is 15.0 Å². The van der Waals surface area contributed by atoms with Crippen LogP contribution in [0.2, 0.25) is 5.02 Å². The summed E-state index contributed by atoms with van der Waals surface area (Å²) in [5.74, 6) is 0.691. The van der Waals surface area contributed by atoms with Crippen LogP contribution in [0.1, 0.15) is 17.2 Å². The Hall–Kier alpha value is -2.34. The maximum absolute atomic E-state index is 12.6. The quantitative estimate of drug-likeness (QED) is 0.706. The summed E-state index contributed by atoms with van der Waals surface area (Å²) >= 11 is 5.91. The van der Waals surface area contributed by atoms with Gasteiger partial charge in [0, 0.05) is 43.8 Å². The van der Waals surface area contributed by atoms with Crippen LogP contribution in [0.15, 0.2) is 54.6 Å². The van der Waals surface area contributed by atoms with E-state index in [2.05, 4.69) is 22.2 Å². The van der Waals surface area contributed by atoms with Crippen LogP contribution in [0.25, 0.3) is 6.08 Å². The number of rotatable bonds is 7. The Labute approximate surface area is 177 Å². The summed E-state index contributed by atoms with van der Waals surface area (Å²) in [7, 11) is 3.79. The Bertz CT molecular complexity index is 813. The van der Waals surface area contributed by atoms with E-state index in [4.69, 9.17) is 16.3 Å². The smallest absolute Gasteiger partial charge is 0.244 e. The van der Waals surface area contributed by atoms with Crippen molar-refractivity contribution in [2.45, 2.75) is 6.04 Å². The molecule has 1 saturated heterocycles. The highest BCUT2D eigenvalue weighted by atomic mass is 35.5. The second-order valence-electron chi connectivity index (χ2n) is 7.32. The van der Waals surface area contributed by atoms with Gasteiger partial charge in [0.2, 0.25) is 5.91 Å². The van der Waals surface area contributed by atoms with Crippen LogP contribution in [0, 0.1) is 0 Å². The van der Waals surface area contributed by atoms with Gasteiger partial charge in [-0.2, -0.15) is 0 Å². The molecule has 1 aliphatic rings. The van der Waals surface area contributed by atoms with E-state index < -0.39 is 0 Å². The van der Waals surface area contributed by atoms with Crippen LogP contribution >= 0.6 is 11.6 Å². The van der Waals surface area contributed by atoms with Crippen LogP contribution in [0.4, 0.5) is 0 Å². The first-order valence-electron chi connectivity index (χ1n) is 9.82. The molecule has 0 unspecified atom stereocenters. The van der Waals surface area contributed by atoms with E-state index in [-0.39, 0.29) is 11.9 Å². The molecule has 6 heteroatoms. The molecule has 1 aliphatic heterocycles. The number of carbonyl (C=O) groups is 1. The molecule has 0 spiro atoms. The molecule has 0 radical (unpaired) electrons. The van der Waals surface area contributed by atoms with Gasteiger partial charge in [0.1, 0.15) is 5.75 Å². The SMILES string of the molecule is COc1ccc([C@@H](CN2CCN(C)CC2)NC(=O)/C=C\c2ccc(Cl)cc2)cc1. The van der Waals surface area contributed by atoms with Crippen molar-refractivity contribution in [1.29, 1.82) is 0 Å². The Morgan fingerprint density at radius 3 is 2.38 bits per heavy atom. The summed E-state index contributed by atoms with van der Waals surface area (Å²) in [4.78, 5) is 17.3. The fourth-order valence-electron chi connectivity index (χ4n) is 3.32. The van der Waals surface area contributed by atoms with Gasteiger partial charge in [-0.3, -0.25) is 9.69 Å². The zero-order valence-corrected chi connectivity index (χ0v) is 17.7. The standard InChI is InChI=1S/C23H28ClN3O2/c1-26-13-15-27(16-14-26)17-22(19-6-10-21(29-2)11-7-19)25-23(28)12-5-18-3-8-20(24)9-4-18/h3-12,22H,13-17H2,1-2H3,(H,25,28)/b12-5-/t22-/m1/s1. The second-order valence-corrected chi connectivity index (χ2v) is 7.76. The molecule has 0 aliphatic carbocycles. The third-order valence-electron chi connectivity index (χ3n) is 5.17. The van der Waals surface area contributed by atoms with Gasteiger partial charge in [-0.25, -0.2) is 0 Å². The van der Waals surface area contributed by atoms with Gasteiger partial charge in [0.25, 0.3) is 0 Å². The molecule has 1 amide bonds. The van der Waals surface area contributed by atoms with Crippen molar-refractivity contribution in [3.63, 3.8) is 0 Å². The van der Waals surface area contributed by atoms with Gasteiger partial charge in [-0.05, 0) is 48.5 Å². The van der Waals surface area contributed by atoms with E-state index in [0.29, 0.717) is 5.02 Å². The number of hydrogen-bond acceptors (Lipinski definition) is 4. The summed E-state index contributed by atoms with van der Waals surface area (Å²) in [6, 6.07) is 15.2. The Kier molecular flexibility index (Phi) is 7.69. The average molecular weight is 414 g/mol. The van der Waals surface area contributed by atoms with Gasteiger partial charge in [0.05, 0.1) is 13.2 Å². The topological polar surface area (TPSA) is 44.8 Å². The van der Waals surface area contributed by atoms with Crippen LogP contribution in [0.3, 0.4) is 0 Å². The zero-order chi connectivity index (χ0) is 20.6. The number of methoxy groups -OCH3 is 1. The molecule has 0 bridgehead atoms. The second kappa shape index (κ2) is 10.4. The lowest BCUT2D eigenvalue weighted by Gasteiger charge is -2.35. The molecular weight excluding hydrogens is 386 g/mol. The molecule has 0 saturated carbocycles. The molecule has 5 nitrogen and oxygen atoms in total. The fraction of sp³-hybridized carbons (Fsp3) is 0.348. The number of likely N-dealkylation sites (N-methyl/N-ethyl adjacent to an activating group) is 1. The van der Waals surface area contributed by atoms with Crippen molar-refractivity contribution >= 4 is 23.6 Å². The maximum atomic E-state index is 12.6. The van der Waals surface area contributed by atoms with Crippen molar-refractivity contribution in [2.75, 3.05) is 46.9 Å². The number of nitrogens with one attached hydrogen (secondary N) is 1. The summed E-state index contributed by atoms with van der Waals surface area (Å²) in [5.41, 5.74) is 2.00. The molecule has 2 aromatic carbocycles. The Morgan fingerprint density at radius 1 is 1.10 bits per heavy atom. The molecule has 3 rings (SSSR count). The van der Waals surface area contributed by atoms with Gasteiger partial charge >= 0.3 is 0 Å². The highest BCUT2D eigenvalue weighted by Crippen LogP contribution is 2.20. The molecule has 2 aromatic rings. The molecule has 1 atom stereocenters. The minimum atomic E-state index is -0.116. The van der Waals surface area contributed by atoms with Crippen LogP contribution in [0.5, 0.6) is 5.75 Å². The summed E-state index contributed by atoms with van der Waals surface area (Å²) in [5, 5.41) is 3.84. The van der Waals surface area contributed by atoms with Crippen molar-refractivity contribution in [1.82, 2.24) is 15.1 Å². The van der Waals surface area contributed by atoms with Crippen molar-refractivity contribution < 1.29 is 9.53 Å². The monoisotopic (exact) mass is 413 g/mol. The minimum absolute atomic E-state index is 0.0910. The highest BCUT2D eigenvalue weighted by molar-refractivity contribution is 6.30. The van der Waals surface area contributed by atoms with Gasteiger partial charge in [-0.15, -0.1) is 0 Å². The molecular formula is C23H28ClN3O2. The minimum Gasteiger partial charge on any atom is -0.497 e. The predicted octanol–water partition coefficient (Wildman–Crippen LogP) is 3.47. The number of ether oxygens (including phenoxy) is 1. The van der Waals surface area contributed by atoms with Crippen molar-refractivity contribution in [3.05, 3.63) is 70.8 Å². The van der Waals surface area contributed by atoms with Crippen LogP contribution in [-0.2, 0) is 4.79 Å². The van der Waals surface area contributed by atoms with Crippen LogP contribution in [-0.4, -0.2) is 62.6 Å². The predicted molar refractivity (Wildman–Crippen MR) is 118 cm³/mol. The number of benzene rings is 2. The average Bonchev–Trinajstić information content (AvgIpc) is 2.74. The Morgan fingerprint density at radius 2 is 1.76 bits per heavy atom. The number of amides is 1. The zero-order valence-electron chi connectivity index (χ0n) is 17.0. The number of hydrogen-bond donors (Lipinski definition) is 1. The molecule has 29 heavy (non-hydrogen) atoms. The first-order chi connectivity index (χ1) is 14.0. The van der Waals surface area contributed by atoms with E-state index in [1.807, 2.05) is 48.5 Å². The molecule has 1 heterocycles. The number of nitrogens with zero attached hydrogens (tertiary/aromatic N) is 2. The first-order valence-corrected chi connectivity index (χ1v) is 10.2. The third kappa shape index (κ3) is 6.60. The van der Waals surface area contributed by atoms with E-state index in [1.165, 1.54) is 0 Å². The molecule has 1 fully saturated rings. The number of piperazine rings is 1. The third-order valence-corrected chi connectivity index (χ3v) is 5.42. The summed E-state index contributed by atoms with van der Waals surface area (Å²) in [6.45, 7) is 4.86. The number of halogens is 1. The maximum Gasteiger partial charge on any atom is 0.244 e. The van der Waals surface area contributed by atoms with Crippen molar-refractivity contribution in [2.24, 2.45) is 0 Å². The number of carbonyl (C=O) groups excluding carboxylic acids is 1. The van der Waals surface area contributed by atoms with E-state index >= 15 is 0 Å².